The second-order valence-electron chi connectivity index (χ2n) is 7.05. The van der Waals surface area contributed by atoms with Gasteiger partial charge in [0, 0.05) is 30.9 Å². The van der Waals surface area contributed by atoms with Crippen LogP contribution in [-0.2, 0) is 4.74 Å². The molecule has 0 saturated heterocycles. The summed E-state index contributed by atoms with van der Waals surface area (Å²) in [5.41, 5.74) is 1.02. The Bertz CT molecular complexity index is 921. The van der Waals surface area contributed by atoms with E-state index in [0.717, 1.165) is 59.3 Å². The van der Waals surface area contributed by atoms with Gasteiger partial charge in [-0.15, -0.1) is 0 Å². The smallest absolute Gasteiger partial charge is 0.144 e. The SMILES string of the molecule is COc1ccc2ccc(OC)c(-c3nccn3C3CCC(OC)CC3)c2c1. The van der Waals surface area contributed by atoms with Crippen molar-refractivity contribution < 1.29 is 14.2 Å². The van der Waals surface area contributed by atoms with Gasteiger partial charge in [0.2, 0.25) is 0 Å². The molecule has 0 N–H and O–H groups in total. The average Bonchev–Trinajstić information content (AvgIpc) is 3.21. The van der Waals surface area contributed by atoms with Crippen LogP contribution in [-0.4, -0.2) is 37.0 Å². The van der Waals surface area contributed by atoms with Crippen LogP contribution in [0.15, 0.2) is 42.7 Å². The zero-order valence-electron chi connectivity index (χ0n) is 16.1. The molecule has 0 bridgehead atoms. The maximum absolute atomic E-state index is 5.71. The summed E-state index contributed by atoms with van der Waals surface area (Å²) in [5.74, 6) is 2.61. The maximum Gasteiger partial charge on any atom is 0.144 e. The highest BCUT2D eigenvalue weighted by atomic mass is 16.5. The largest absolute Gasteiger partial charge is 0.497 e. The summed E-state index contributed by atoms with van der Waals surface area (Å²) in [5, 5.41) is 2.23. The lowest BCUT2D eigenvalue weighted by Crippen LogP contribution is -2.22. The van der Waals surface area contributed by atoms with Gasteiger partial charge in [-0.2, -0.15) is 0 Å². The molecule has 0 unspecified atom stereocenters. The van der Waals surface area contributed by atoms with Gasteiger partial charge in [0.25, 0.3) is 0 Å². The quantitative estimate of drug-likeness (QED) is 0.647. The lowest BCUT2D eigenvalue weighted by molar-refractivity contribution is 0.0586. The second kappa shape index (κ2) is 7.61. The minimum absolute atomic E-state index is 0.379. The summed E-state index contributed by atoms with van der Waals surface area (Å²) in [6.07, 6.45) is 8.71. The Hall–Kier alpha value is -2.53. The molecule has 0 atom stereocenters. The van der Waals surface area contributed by atoms with Gasteiger partial charge < -0.3 is 18.8 Å². The molecule has 0 spiro atoms. The fourth-order valence-electron chi connectivity index (χ4n) is 4.17. The molecule has 4 rings (SSSR count). The number of fused-ring (bicyclic) bond motifs is 1. The fraction of sp³-hybridized carbons (Fsp3) is 0.409. The summed E-state index contributed by atoms with van der Waals surface area (Å²) >= 11 is 0. The van der Waals surface area contributed by atoms with Crippen molar-refractivity contribution in [1.82, 2.24) is 9.55 Å². The third kappa shape index (κ3) is 3.28. The van der Waals surface area contributed by atoms with Gasteiger partial charge in [-0.25, -0.2) is 4.98 Å². The Morgan fingerprint density at radius 1 is 0.963 bits per heavy atom. The topological polar surface area (TPSA) is 45.5 Å². The Balaban J connectivity index is 1.82. The first-order valence-corrected chi connectivity index (χ1v) is 9.46. The zero-order valence-corrected chi connectivity index (χ0v) is 16.1. The van der Waals surface area contributed by atoms with Crippen LogP contribution < -0.4 is 9.47 Å². The van der Waals surface area contributed by atoms with Gasteiger partial charge in [-0.05, 0) is 49.3 Å². The highest BCUT2D eigenvalue weighted by Crippen LogP contribution is 2.40. The molecular weight excluding hydrogens is 340 g/mol. The lowest BCUT2D eigenvalue weighted by Gasteiger charge is -2.29. The van der Waals surface area contributed by atoms with Crippen LogP contribution in [0.4, 0.5) is 0 Å². The molecule has 142 valence electrons. The van der Waals surface area contributed by atoms with E-state index in [4.69, 9.17) is 19.2 Å². The standard InChI is InChI=1S/C22H26N2O3/c1-25-17-9-6-16(7-10-17)24-13-12-23-22(24)21-19-14-18(26-2)8-4-15(19)5-11-20(21)27-3/h4-5,8,11-14,16-17H,6-7,9-10H2,1-3H3. The highest BCUT2D eigenvalue weighted by Gasteiger charge is 2.25. The van der Waals surface area contributed by atoms with Crippen LogP contribution in [0.3, 0.4) is 0 Å². The van der Waals surface area contributed by atoms with Crippen molar-refractivity contribution in [3.05, 3.63) is 42.7 Å². The molecule has 5 nitrogen and oxygen atoms in total. The molecule has 0 amide bonds. The van der Waals surface area contributed by atoms with Crippen molar-refractivity contribution in [3.63, 3.8) is 0 Å². The number of aromatic nitrogens is 2. The molecule has 1 aliphatic rings. The Kier molecular flexibility index (Phi) is 5.03. The predicted octanol–water partition coefficient (Wildman–Crippen LogP) is 4.85. The number of methoxy groups -OCH3 is 3. The van der Waals surface area contributed by atoms with Crippen molar-refractivity contribution >= 4 is 10.8 Å². The van der Waals surface area contributed by atoms with Crippen LogP contribution in [0.5, 0.6) is 11.5 Å². The van der Waals surface area contributed by atoms with Crippen LogP contribution in [0, 0.1) is 0 Å². The van der Waals surface area contributed by atoms with Crippen molar-refractivity contribution in [3.8, 4) is 22.9 Å². The number of nitrogens with zero attached hydrogens (tertiary/aromatic N) is 2. The van der Waals surface area contributed by atoms with Crippen LogP contribution in [0.2, 0.25) is 0 Å². The fourth-order valence-corrected chi connectivity index (χ4v) is 4.17. The molecule has 1 heterocycles. The first kappa shape index (κ1) is 17.9. The van der Waals surface area contributed by atoms with Gasteiger partial charge in [0.05, 0.1) is 25.9 Å². The number of hydrogen-bond acceptors (Lipinski definition) is 4. The third-order valence-electron chi connectivity index (χ3n) is 5.67. The molecule has 5 heteroatoms. The summed E-state index contributed by atoms with van der Waals surface area (Å²) in [6.45, 7) is 0. The Morgan fingerprint density at radius 2 is 1.74 bits per heavy atom. The van der Waals surface area contributed by atoms with E-state index in [1.165, 1.54) is 0 Å². The summed E-state index contributed by atoms with van der Waals surface area (Å²) in [7, 11) is 5.21. The maximum atomic E-state index is 5.71. The first-order chi connectivity index (χ1) is 13.2. The molecule has 1 aliphatic carbocycles. The monoisotopic (exact) mass is 366 g/mol. The molecule has 1 saturated carbocycles. The summed E-state index contributed by atoms with van der Waals surface area (Å²) < 4.78 is 19.0. The van der Waals surface area contributed by atoms with Gasteiger partial charge in [-0.3, -0.25) is 0 Å². The Morgan fingerprint density at radius 3 is 2.44 bits per heavy atom. The molecule has 1 fully saturated rings. The van der Waals surface area contributed by atoms with Crippen LogP contribution in [0.1, 0.15) is 31.7 Å². The van der Waals surface area contributed by atoms with E-state index in [9.17, 15) is 0 Å². The molecule has 0 radical (unpaired) electrons. The van der Waals surface area contributed by atoms with Gasteiger partial charge >= 0.3 is 0 Å². The number of rotatable bonds is 5. The van der Waals surface area contributed by atoms with Gasteiger partial charge in [0.15, 0.2) is 0 Å². The minimum atomic E-state index is 0.379. The van der Waals surface area contributed by atoms with Crippen molar-refractivity contribution in [2.24, 2.45) is 0 Å². The molecule has 3 aromatic rings. The number of imidazole rings is 1. The number of benzene rings is 2. The zero-order chi connectivity index (χ0) is 18.8. The lowest BCUT2D eigenvalue weighted by atomic mass is 9.92. The average molecular weight is 366 g/mol. The van der Waals surface area contributed by atoms with E-state index in [-0.39, 0.29) is 0 Å². The number of ether oxygens (including phenoxy) is 3. The van der Waals surface area contributed by atoms with E-state index in [0.29, 0.717) is 12.1 Å². The van der Waals surface area contributed by atoms with Gasteiger partial charge in [0.1, 0.15) is 17.3 Å². The summed E-state index contributed by atoms with van der Waals surface area (Å²) in [4.78, 5) is 4.73. The summed E-state index contributed by atoms with van der Waals surface area (Å²) in [6, 6.07) is 10.7. The number of hydrogen-bond donors (Lipinski definition) is 0. The van der Waals surface area contributed by atoms with E-state index in [1.54, 1.807) is 14.2 Å². The van der Waals surface area contributed by atoms with Gasteiger partial charge in [-0.1, -0.05) is 12.1 Å². The second-order valence-corrected chi connectivity index (χ2v) is 7.05. The molecule has 27 heavy (non-hydrogen) atoms. The van der Waals surface area contributed by atoms with Crippen molar-refractivity contribution in [1.29, 1.82) is 0 Å². The van der Waals surface area contributed by atoms with Crippen molar-refractivity contribution in [2.45, 2.75) is 37.8 Å². The van der Waals surface area contributed by atoms with E-state index in [1.807, 2.05) is 25.4 Å². The van der Waals surface area contributed by atoms with Crippen molar-refractivity contribution in [2.75, 3.05) is 21.3 Å². The normalized spacial score (nSPS) is 20.0. The van der Waals surface area contributed by atoms with Crippen LogP contribution >= 0.6 is 0 Å². The third-order valence-corrected chi connectivity index (χ3v) is 5.67. The first-order valence-electron chi connectivity index (χ1n) is 9.46. The Labute approximate surface area is 159 Å². The molecule has 2 aromatic carbocycles. The van der Waals surface area contributed by atoms with E-state index in [2.05, 4.69) is 29.0 Å². The van der Waals surface area contributed by atoms with E-state index < -0.39 is 0 Å². The molecule has 0 aliphatic heterocycles. The van der Waals surface area contributed by atoms with Crippen LogP contribution in [0.25, 0.3) is 22.2 Å². The highest BCUT2D eigenvalue weighted by molar-refractivity contribution is 5.99. The van der Waals surface area contributed by atoms with E-state index >= 15 is 0 Å². The predicted molar refractivity (Wildman–Crippen MR) is 107 cm³/mol. The molecule has 1 aromatic heterocycles. The minimum Gasteiger partial charge on any atom is -0.497 e. The molecular formula is C22H26N2O3.